The third kappa shape index (κ3) is 3.83. The molecule has 2 heterocycles. The molecular weight excluding hydrogens is 262 g/mol. The summed E-state index contributed by atoms with van der Waals surface area (Å²) in [7, 11) is 0. The summed E-state index contributed by atoms with van der Waals surface area (Å²) in [4.78, 5) is 7.06. The minimum atomic E-state index is 0.567. The van der Waals surface area contributed by atoms with Gasteiger partial charge in [0.25, 0.3) is 0 Å². The zero-order valence-electron chi connectivity index (χ0n) is 13.0. The molecule has 1 aromatic heterocycles. The number of piperidine rings is 1. The molecule has 0 amide bonds. The fourth-order valence-electron chi connectivity index (χ4n) is 3.04. The summed E-state index contributed by atoms with van der Waals surface area (Å²) in [6.07, 6.45) is 2.59. The molecule has 0 spiro atoms. The lowest BCUT2D eigenvalue weighted by Crippen LogP contribution is -2.40. The zero-order valence-corrected chi connectivity index (χ0v) is 13.0. The van der Waals surface area contributed by atoms with Crippen LogP contribution in [0.15, 0.2) is 28.7 Å². The first kappa shape index (κ1) is 14.5. The van der Waals surface area contributed by atoms with Crippen LogP contribution in [0.1, 0.15) is 32.6 Å². The Balaban J connectivity index is 1.59. The lowest BCUT2D eigenvalue weighted by atomic mass is 9.98. The molecule has 1 aliphatic heterocycles. The molecule has 1 fully saturated rings. The summed E-state index contributed by atoms with van der Waals surface area (Å²) >= 11 is 0. The van der Waals surface area contributed by atoms with Crippen LogP contribution in [0.25, 0.3) is 11.1 Å². The second kappa shape index (κ2) is 6.58. The highest BCUT2D eigenvalue weighted by Crippen LogP contribution is 2.20. The van der Waals surface area contributed by atoms with Gasteiger partial charge in [-0.3, -0.25) is 4.90 Å². The van der Waals surface area contributed by atoms with Crippen molar-refractivity contribution in [2.75, 3.05) is 19.6 Å². The van der Waals surface area contributed by atoms with E-state index in [-0.39, 0.29) is 0 Å². The fourth-order valence-corrected chi connectivity index (χ4v) is 3.04. The van der Waals surface area contributed by atoms with Gasteiger partial charge < -0.3 is 9.73 Å². The molecule has 114 valence electrons. The molecule has 3 rings (SSSR count). The number of hydrogen-bond donors (Lipinski definition) is 1. The number of likely N-dealkylation sites (tertiary alicyclic amines) is 1. The minimum Gasteiger partial charge on any atom is -0.439 e. The van der Waals surface area contributed by atoms with E-state index in [0.717, 1.165) is 49.1 Å². The van der Waals surface area contributed by atoms with Gasteiger partial charge in [0.05, 0.1) is 6.54 Å². The Labute approximate surface area is 126 Å². The second-order valence-electron chi connectivity index (χ2n) is 6.38. The summed E-state index contributed by atoms with van der Waals surface area (Å²) in [5.74, 6) is 1.58. The molecule has 1 unspecified atom stereocenters. The van der Waals surface area contributed by atoms with Crippen LogP contribution >= 0.6 is 0 Å². The van der Waals surface area contributed by atoms with E-state index >= 15 is 0 Å². The van der Waals surface area contributed by atoms with E-state index in [0.29, 0.717) is 6.04 Å². The number of nitrogens with one attached hydrogen (secondary N) is 1. The maximum Gasteiger partial charge on any atom is 0.209 e. The Morgan fingerprint density at radius 2 is 2.24 bits per heavy atom. The Bertz CT molecular complexity index is 545. The maximum absolute atomic E-state index is 5.84. The molecular formula is C17H25N3O. The van der Waals surface area contributed by atoms with Gasteiger partial charge in [-0.2, -0.15) is 0 Å². The largest absolute Gasteiger partial charge is 0.439 e. The maximum atomic E-state index is 5.84. The van der Waals surface area contributed by atoms with Crippen molar-refractivity contribution in [1.29, 1.82) is 0 Å². The Morgan fingerprint density at radius 3 is 3.05 bits per heavy atom. The van der Waals surface area contributed by atoms with Crippen molar-refractivity contribution in [3.8, 4) is 0 Å². The number of benzene rings is 1. The van der Waals surface area contributed by atoms with Crippen molar-refractivity contribution in [3.05, 3.63) is 30.2 Å². The molecule has 1 N–H and O–H groups in total. The van der Waals surface area contributed by atoms with Crippen LogP contribution in [-0.4, -0.2) is 35.6 Å². The summed E-state index contributed by atoms with van der Waals surface area (Å²) in [6, 6.07) is 8.55. The highest BCUT2D eigenvalue weighted by molar-refractivity contribution is 5.72. The first-order chi connectivity index (χ1) is 10.2. The summed E-state index contributed by atoms with van der Waals surface area (Å²) in [5.41, 5.74) is 1.85. The van der Waals surface area contributed by atoms with E-state index in [4.69, 9.17) is 4.42 Å². The van der Waals surface area contributed by atoms with Crippen LogP contribution in [0, 0.1) is 5.92 Å². The van der Waals surface area contributed by atoms with E-state index in [2.05, 4.69) is 29.0 Å². The van der Waals surface area contributed by atoms with Crippen LogP contribution in [0.3, 0.4) is 0 Å². The number of oxazole rings is 1. The van der Waals surface area contributed by atoms with Gasteiger partial charge >= 0.3 is 0 Å². The Hall–Kier alpha value is -1.39. The van der Waals surface area contributed by atoms with Crippen LogP contribution < -0.4 is 5.32 Å². The molecule has 1 aromatic carbocycles. The van der Waals surface area contributed by atoms with Crippen molar-refractivity contribution in [1.82, 2.24) is 15.2 Å². The molecule has 1 aliphatic rings. The van der Waals surface area contributed by atoms with Gasteiger partial charge in [-0.25, -0.2) is 4.98 Å². The normalized spacial score (nSPS) is 20.4. The molecule has 0 bridgehead atoms. The Kier molecular flexibility index (Phi) is 4.56. The van der Waals surface area contributed by atoms with Gasteiger partial charge in [-0.1, -0.05) is 26.0 Å². The number of rotatable bonds is 5. The summed E-state index contributed by atoms with van der Waals surface area (Å²) in [5, 5.41) is 3.56. The van der Waals surface area contributed by atoms with Gasteiger partial charge in [0, 0.05) is 12.6 Å². The quantitative estimate of drug-likeness (QED) is 0.917. The number of para-hydroxylation sites is 2. The lowest BCUT2D eigenvalue weighted by Gasteiger charge is -2.32. The predicted octanol–water partition coefficient (Wildman–Crippen LogP) is 3.04. The van der Waals surface area contributed by atoms with Crippen molar-refractivity contribution in [3.63, 3.8) is 0 Å². The van der Waals surface area contributed by atoms with E-state index in [1.54, 1.807) is 0 Å². The van der Waals surface area contributed by atoms with Crippen LogP contribution in [0.5, 0.6) is 0 Å². The molecule has 0 saturated carbocycles. The van der Waals surface area contributed by atoms with Crippen molar-refractivity contribution >= 4 is 11.1 Å². The van der Waals surface area contributed by atoms with E-state index in [1.165, 1.54) is 12.8 Å². The second-order valence-corrected chi connectivity index (χ2v) is 6.38. The minimum absolute atomic E-state index is 0.567. The van der Waals surface area contributed by atoms with Crippen molar-refractivity contribution in [2.45, 2.75) is 39.3 Å². The number of hydrogen-bond acceptors (Lipinski definition) is 4. The third-order valence-electron chi connectivity index (χ3n) is 4.11. The zero-order chi connectivity index (χ0) is 14.7. The topological polar surface area (TPSA) is 41.3 Å². The third-order valence-corrected chi connectivity index (χ3v) is 4.11. The average Bonchev–Trinajstić information content (AvgIpc) is 2.87. The van der Waals surface area contributed by atoms with E-state index < -0.39 is 0 Å². The first-order valence-corrected chi connectivity index (χ1v) is 8.01. The number of nitrogens with zero attached hydrogens (tertiary/aromatic N) is 2. The standard InChI is InChI=1S/C17H25N3O/c1-13(2)18-10-14-6-5-9-20(11-14)12-17-19-15-7-3-4-8-16(15)21-17/h3-4,7-8,13-14,18H,5-6,9-12H2,1-2H3. The molecule has 21 heavy (non-hydrogen) atoms. The molecule has 0 aliphatic carbocycles. The monoisotopic (exact) mass is 287 g/mol. The predicted molar refractivity (Wildman–Crippen MR) is 85.1 cm³/mol. The highest BCUT2D eigenvalue weighted by atomic mass is 16.3. The number of fused-ring (bicyclic) bond motifs is 1. The molecule has 4 nitrogen and oxygen atoms in total. The van der Waals surface area contributed by atoms with Gasteiger partial charge in [0.15, 0.2) is 5.58 Å². The molecule has 1 atom stereocenters. The average molecular weight is 287 g/mol. The lowest BCUT2D eigenvalue weighted by molar-refractivity contribution is 0.152. The van der Waals surface area contributed by atoms with Crippen molar-refractivity contribution < 1.29 is 4.42 Å². The Morgan fingerprint density at radius 1 is 1.38 bits per heavy atom. The number of aromatic nitrogens is 1. The van der Waals surface area contributed by atoms with Crippen molar-refractivity contribution in [2.24, 2.45) is 5.92 Å². The highest BCUT2D eigenvalue weighted by Gasteiger charge is 2.21. The molecule has 0 radical (unpaired) electrons. The van der Waals surface area contributed by atoms with Crippen LogP contribution in [-0.2, 0) is 6.54 Å². The smallest absolute Gasteiger partial charge is 0.209 e. The molecule has 2 aromatic rings. The van der Waals surface area contributed by atoms with Gasteiger partial charge in [-0.05, 0) is 44.0 Å². The SMILES string of the molecule is CC(C)NCC1CCCN(Cc2nc3ccccc3o2)C1. The molecule has 4 heteroatoms. The van der Waals surface area contributed by atoms with E-state index in [9.17, 15) is 0 Å². The first-order valence-electron chi connectivity index (χ1n) is 8.01. The summed E-state index contributed by atoms with van der Waals surface area (Å²) in [6.45, 7) is 8.64. The van der Waals surface area contributed by atoms with Crippen LogP contribution in [0.4, 0.5) is 0 Å². The van der Waals surface area contributed by atoms with E-state index in [1.807, 2.05) is 24.3 Å². The van der Waals surface area contributed by atoms with Gasteiger partial charge in [0.1, 0.15) is 5.52 Å². The van der Waals surface area contributed by atoms with Gasteiger partial charge in [-0.15, -0.1) is 0 Å². The van der Waals surface area contributed by atoms with Crippen LogP contribution in [0.2, 0.25) is 0 Å². The fraction of sp³-hybridized carbons (Fsp3) is 0.588. The van der Waals surface area contributed by atoms with Gasteiger partial charge in [0.2, 0.25) is 5.89 Å². The summed E-state index contributed by atoms with van der Waals surface area (Å²) < 4.78 is 5.84. The molecule has 1 saturated heterocycles.